The molecular weight excluding hydrogens is 416 g/mol. The molecule has 0 fully saturated rings. The average molecular weight is 437 g/mol. The van der Waals surface area contributed by atoms with E-state index in [0.717, 1.165) is 6.42 Å². The average Bonchev–Trinajstić information content (AvgIpc) is 3.40. The van der Waals surface area contributed by atoms with Gasteiger partial charge in [-0.2, -0.15) is 5.10 Å². The Morgan fingerprint density at radius 3 is 2.87 bits per heavy atom. The predicted octanol–water partition coefficient (Wildman–Crippen LogP) is 2.66. The molecule has 30 heavy (non-hydrogen) atoms. The second kappa shape index (κ2) is 6.74. The van der Waals surface area contributed by atoms with E-state index in [-0.39, 0.29) is 35.5 Å². The van der Waals surface area contributed by atoms with Gasteiger partial charge in [-0.15, -0.1) is 4.36 Å². The topological polar surface area (TPSA) is 112 Å². The molecule has 3 aliphatic rings. The van der Waals surface area contributed by atoms with Crippen LogP contribution in [0.5, 0.6) is 5.88 Å². The number of anilines is 1. The number of benzene rings is 1. The van der Waals surface area contributed by atoms with E-state index in [1.54, 1.807) is 0 Å². The van der Waals surface area contributed by atoms with Gasteiger partial charge in [0.05, 0.1) is 12.7 Å². The van der Waals surface area contributed by atoms with Crippen LogP contribution in [0.25, 0.3) is 0 Å². The van der Waals surface area contributed by atoms with Gasteiger partial charge >= 0.3 is 6.03 Å². The molecule has 8 nitrogen and oxygen atoms in total. The number of carbonyl (C=O) groups is 1. The van der Waals surface area contributed by atoms with E-state index in [9.17, 15) is 17.8 Å². The van der Waals surface area contributed by atoms with E-state index in [4.69, 9.17) is 9.88 Å². The predicted molar refractivity (Wildman–Crippen MR) is 105 cm³/mol. The highest BCUT2D eigenvalue weighted by molar-refractivity contribution is 7.91. The van der Waals surface area contributed by atoms with Crippen LogP contribution in [0.4, 0.5) is 19.3 Å². The van der Waals surface area contributed by atoms with Crippen LogP contribution in [-0.2, 0) is 42.1 Å². The molecule has 2 aromatic rings. The molecule has 1 aromatic carbocycles. The summed E-state index contributed by atoms with van der Waals surface area (Å²) >= 11 is 0. The third-order valence-corrected chi connectivity index (χ3v) is 7.18. The lowest BCUT2D eigenvalue weighted by atomic mass is 9.98. The monoisotopic (exact) mass is 437 g/mol. The summed E-state index contributed by atoms with van der Waals surface area (Å²) < 4.78 is 52.6. The number of hydrogen-bond acceptors (Lipinski definition) is 4. The zero-order valence-electron chi connectivity index (χ0n) is 16.3. The van der Waals surface area contributed by atoms with Crippen molar-refractivity contribution in [1.29, 1.82) is 0 Å². The number of nitrogens with two attached hydrogens (primary N) is 1. The van der Waals surface area contributed by atoms with E-state index in [1.807, 2.05) is 6.92 Å². The molecule has 160 valence electrons. The Morgan fingerprint density at radius 2 is 2.07 bits per heavy atom. The lowest BCUT2D eigenvalue weighted by Gasteiger charge is -2.16. The van der Waals surface area contributed by atoms with Crippen LogP contribution >= 0.6 is 0 Å². The number of alkyl halides is 1. The molecule has 3 atom stereocenters. The number of nitrogens with zero attached hydrogens (tertiary/aromatic N) is 3. The maximum atomic E-state index is 14.8. The van der Waals surface area contributed by atoms with E-state index in [1.165, 1.54) is 10.9 Å². The van der Waals surface area contributed by atoms with Crippen LogP contribution in [0.15, 0.2) is 15.5 Å². The molecule has 5 rings (SSSR count). The minimum absolute atomic E-state index is 0.0137. The van der Waals surface area contributed by atoms with Gasteiger partial charge in [-0.05, 0) is 48.4 Å². The Balaban J connectivity index is 1.51. The molecule has 0 radical (unpaired) electrons. The zero-order chi connectivity index (χ0) is 21.2. The largest absolute Gasteiger partial charge is 0.472 e. The molecule has 0 saturated carbocycles. The highest BCUT2D eigenvalue weighted by atomic mass is 32.2. The first-order valence-corrected chi connectivity index (χ1v) is 11.4. The highest BCUT2D eigenvalue weighted by Gasteiger charge is 2.34. The van der Waals surface area contributed by atoms with Crippen molar-refractivity contribution < 1.29 is 22.5 Å². The molecule has 1 aromatic heterocycles. The van der Waals surface area contributed by atoms with Crippen molar-refractivity contribution in [3.8, 4) is 5.88 Å². The number of rotatable bonds is 2. The van der Waals surface area contributed by atoms with E-state index >= 15 is 0 Å². The van der Waals surface area contributed by atoms with Gasteiger partial charge in [-0.1, -0.05) is 0 Å². The maximum absolute atomic E-state index is 14.8. The summed E-state index contributed by atoms with van der Waals surface area (Å²) in [6.45, 7) is 2.31. The van der Waals surface area contributed by atoms with Crippen LogP contribution in [-0.4, -0.2) is 32.3 Å². The van der Waals surface area contributed by atoms with Crippen molar-refractivity contribution in [3.63, 3.8) is 0 Å². The number of nitrogens with one attached hydrogen (secondary N) is 1. The maximum Gasteiger partial charge on any atom is 0.354 e. The number of ether oxygens (including phenoxy) is 1. The Bertz CT molecular complexity index is 1200. The fraction of sp³-hybridized carbons (Fsp3) is 0.474. The summed E-state index contributed by atoms with van der Waals surface area (Å²) in [5, 5.41) is 12.6. The van der Waals surface area contributed by atoms with Crippen molar-refractivity contribution in [2.45, 2.75) is 62.7 Å². The lowest BCUT2D eigenvalue weighted by molar-refractivity contribution is 0.248. The summed E-state index contributed by atoms with van der Waals surface area (Å²) in [6, 6.07) is -0.932. The first-order chi connectivity index (χ1) is 14.2. The number of urea groups is 1. The SMILES string of the molecule is C[C@@H]1Cn2ncc([S@](N)(=O)=NC(=O)Nc3c4c(c(F)c5c3C[C@@H](F)C5)CCC4)c2O1. The van der Waals surface area contributed by atoms with Crippen molar-refractivity contribution >= 4 is 21.6 Å². The molecule has 3 N–H and O–H groups in total. The molecule has 2 aliphatic carbocycles. The summed E-state index contributed by atoms with van der Waals surface area (Å²) in [7, 11) is -3.63. The van der Waals surface area contributed by atoms with Gasteiger partial charge in [0, 0.05) is 18.5 Å². The molecule has 1 aliphatic heterocycles. The summed E-state index contributed by atoms with van der Waals surface area (Å²) in [4.78, 5) is 12.7. The van der Waals surface area contributed by atoms with Crippen molar-refractivity contribution in [1.82, 2.24) is 9.78 Å². The fourth-order valence-corrected chi connectivity index (χ4v) is 5.59. The van der Waals surface area contributed by atoms with Gasteiger partial charge < -0.3 is 10.1 Å². The third-order valence-electron chi connectivity index (χ3n) is 5.83. The molecule has 11 heteroatoms. The summed E-state index contributed by atoms with van der Waals surface area (Å²) in [5.74, 6) is -0.132. The Labute approximate surface area is 172 Å². The van der Waals surface area contributed by atoms with Gasteiger partial charge in [0.2, 0.25) is 5.88 Å². The number of aromatic nitrogens is 2. The Kier molecular flexibility index (Phi) is 4.37. The second-order valence-corrected chi connectivity index (χ2v) is 9.74. The molecule has 0 unspecified atom stereocenters. The van der Waals surface area contributed by atoms with Crippen LogP contribution < -0.4 is 15.2 Å². The first-order valence-electron chi connectivity index (χ1n) is 9.82. The quantitative estimate of drug-likeness (QED) is 0.752. The molecule has 2 heterocycles. The fourth-order valence-electron chi connectivity index (χ4n) is 4.59. The normalized spacial score (nSPS) is 23.3. The van der Waals surface area contributed by atoms with Crippen LogP contribution in [0.1, 0.15) is 35.6 Å². The Morgan fingerprint density at radius 1 is 1.33 bits per heavy atom. The smallest absolute Gasteiger partial charge is 0.354 e. The third kappa shape index (κ3) is 2.99. The van der Waals surface area contributed by atoms with Crippen LogP contribution in [0.3, 0.4) is 0 Å². The van der Waals surface area contributed by atoms with E-state index in [0.29, 0.717) is 47.3 Å². The number of halogens is 2. The Hall–Kier alpha value is -2.53. The summed E-state index contributed by atoms with van der Waals surface area (Å²) in [5.41, 5.74) is 2.33. The van der Waals surface area contributed by atoms with Crippen molar-refractivity contribution in [3.05, 3.63) is 34.3 Å². The van der Waals surface area contributed by atoms with Gasteiger partial charge in [0.15, 0.2) is 9.92 Å². The van der Waals surface area contributed by atoms with Gasteiger partial charge in [0.1, 0.15) is 23.0 Å². The molecule has 0 bridgehead atoms. The van der Waals surface area contributed by atoms with Crippen molar-refractivity contribution in [2.75, 3.05) is 5.32 Å². The molecule has 0 saturated heterocycles. The standard InChI is InChI=1S/C19H21F2N5O3S/c1-9-8-26-18(29-9)15(7-23-26)30(22,28)25-19(27)24-17-12-4-2-3-11(12)16(21)13-5-10(20)6-14(13)17/h7,9-10H,2-6,8H2,1H3,(H3,22,24,25,27,28)/t9-,10+,30-/m1/s1. The number of fused-ring (bicyclic) bond motifs is 3. The van der Waals surface area contributed by atoms with Crippen LogP contribution in [0.2, 0.25) is 0 Å². The summed E-state index contributed by atoms with van der Waals surface area (Å²) in [6.07, 6.45) is 1.80. The molecule has 2 amide bonds. The minimum atomic E-state index is -3.63. The highest BCUT2D eigenvalue weighted by Crippen LogP contribution is 2.41. The number of hydrogen-bond donors (Lipinski definition) is 2. The second-order valence-electron chi connectivity index (χ2n) is 7.98. The lowest BCUT2D eigenvalue weighted by Crippen LogP contribution is -2.19. The van der Waals surface area contributed by atoms with Gasteiger partial charge in [-0.25, -0.2) is 27.6 Å². The molecule has 0 spiro atoms. The number of amides is 2. The minimum Gasteiger partial charge on any atom is -0.472 e. The van der Waals surface area contributed by atoms with E-state index in [2.05, 4.69) is 14.8 Å². The van der Waals surface area contributed by atoms with Gasteiger partial charge in [0.25, 0.3) is 0 Å². The molecular formula is C19H21F2N5O3S. The number of carbonyl (C=O) groups excluding carboxylic acids is 1. The first kappa shape index (κ1) is 19.4. The zero-order valence-corrected chi connectivity index (χ0v) is 17.1. The van der Waals surface area contributed by atoms with Crippen molar-refractivity contribution in [2.24, 2.45) is 9.50 Å². The van der Waals surface area contributed by atoms with E-state index < -0.39 is 22.1 Å². The van der Waals surface area contributed by atoms with Gasteiger partial charge in [-0.3, -0.25) is 0 Å². The van der Waals surface area contributed by atoms with Crippen LogP contribution in [0, 0.1) is 5.82 Å².